The summed E-state index contributed by atoms with van der Waals surface area (Å²) in [5.41, 5.74) is 0. The van der Waals surface area contributed by atoms with E-state index in [9.17, 15) is 0 Å². The Bertz CT molecular complexity index is 346. The van der Waals surface area contributed by atoms with Gasteiger partial charge in [0.05, 0.1) is 0 Å². The maximum atomic E-state index is 4.30. The van der Waals surface area contributed by atoms with Crippen LogP contribution < -0.4 is 5.32 Å². The van der Waals surface area contributed by atoms with Crippen LogP contribution in [0.4, 0.5) is 0 Å². The van der Waals surface area contributed by atoms with Crippen molar-refractivity contribution in [2.24, 2.45) is 7.05 Å². The van der Waals surface area contributed by atoms with Gasteiger partial charge in [-0.05, 0) is 13.0 Å². The number of rotatable bonds is 5. The van der Waals surface area contributed by atoms with E-state index in [-0.39, 0.29) is 0 Å². The zero-order valence-electron chi connectivity index (χ0n) is 11.1. The highest BCUT2D eigenvalue weighted by molar-refractivity contribution is 4.86. The van der Waals surface area contributed by atoms with E-state index in [4.69, 9.17) is 0 Å². The standard InChI is InChI=1S/C12H23N5/c1-10(2)14-11-4-6-17(8-11)7-5-12-13-9-16(3)15-12/h9-11,14H,4-8H2,1-3H3. The van der Waals surface area contributed by atoms with Crippen LogP contribution in [-0.2, 0) is 13.5 Å². The third-order valence-electron chi connectivity index (χ3n) is 3.14. The summed E-state index contributed by atoms with van der Waals surface area (Å²) < 4.78 is 1.77. The number of hydrogen-bond acceptors (Lipinski definition) is 4. The fourth-order valence-corrected chi connectivity index (χ4v) is 2.40. The van der Waals surface area contributed by atoms with Crippen molar-refractivity contribution in [1.82, 2.24) is 25.0 Å². The third kappa shape index (κ3) is 3.78. The first-order valence-electron chi connectivity index (χ1n) is 6.46. The Morgan fingerprint density at radius 2 is 2.35 bits per heavy atom. The summed E-state index contributed by atoms with van der Waals surface area (Å²) >= 11 is 0. The number of aryl methyl sites for hydroxylation is 1. The predicted molar refractivity (Wildman–Crippen MR) is 67.8 cm³/mol. The van der Waals surface area contributed by atoms with Gasteiger partial charge in [-0.2, -0.15) is 5.10 Å². The molecule has 5 heteroatoms. The second kappa shape index (κ2) is 5.60. The molecular weight excluding hydrogens is 214 g/mol. The van der Waals surface area contributed by atoms with Gasteiger partial charge in [0, 0.05) is 38.6 Å². The minimum Gasteiger partial charge on any atom is -0.310 e. The Morgan fingerprint density at radius 3 is 3.00 bits per heavy atom. The van der Waals surface area contributed by atoms with Crippen LogP contribution in [0.3, 0.4) is 0 Å². The molecule has 0 spiro atoms. The Labute approximate surface area is 103 Å². The summed E-state index contributed by atoms with van der Waals surface area (Å²) in [7, 11) is 1.91. The number of hydrogen-bond donors (Lipinski definition) is 1. The molecule has 1 aromatic rings. The Balaban J connectivity index is 1.71. The van der Waals surface area contributed by atoms with E-state index < -0.39 is 0 Å². The van der Waals surface area contributed by atoms with E-state index in [1.807, 2.05) is 7.05 Å². The van der Waals surface area contributed by atoms with Crippen molar-refractivity contribution in [2.45, 2.75) is 38.8 Å². The molecular formula is C12H23N5. The van der Waals surface area contributed by atoms with E-state index in [1.54, 1.807) is 11.0 Å². The topological polar surface area (TPSA) is 46.0 Å². The Kier molecular flexibility index (Phi) is 4.12. The maximum Gasteiger partial charge on any atom is 0.151 e. The summed E-state index contributed by atoms with van der Waals surface area (Å²) in [5, 5.41) is 7.90. The number of aromatic nitrogens is 3. The monoisotopic (exact) mass is 237 g/mol. The molecule has 2 rings (SSSR count). The smallest absolute Gasteiger partial charge is 0.151 e. The lowest BCUT2D eigenvalue weighted by atomic mass is 10.2. The van der Waals surface area contributed by atoms with Crippen molar-refractivity contribution in [1.29, 1.82) is 0 Å². The van der Waals surface area contributed by atoms with Crippen LogP contribution in [0.25, 0.3) is 0 Å². The van der Waals surface area contributed by atoms with Crippen molar-refractivity contribution >= 4 is 0 Å². The first kappa shape index (κ1) is 12.5. The van der Waals surface area contributed by atoms with Gasteiger partial charge in [0.1, 0.15) is 6.33 Å². The van der Waals surface area contributed by atoms with Gasteiger partial charge in [0.2, 0.25) is 0 Å². The van der Waals surface area contributed by atoms with Gasteiger partial charge in [0.15, 0.2) is 5.82 Å². The summed E-state index contributed by atoms with van der Waals surface area (Å²) in [6, 6.07) is 1.24. The quantitative estimate of drug-likeness (QED) is 0.807. The molecule has 1 aliphatic rings. The minimum atomic E-state index is 0.581. The highest BCUT2D eigenvalue weighted by atomic mass is 15.3. The molecule has 5 nitrogen and oxygen atoms in total. The summed E-state index contributed by atoms with van der Waals surface area (Å²) in [5.74, 6) is 0.952. The molecule has 2 heterocycles. The molecule has 96 valence electrons. The Morgan fingerprint density at radius 1 is 1.53 bits per heavy atom. The lowest BCUT2D eigenvalue weighted by Crippen LogP contribution is -2.37. The molecule has 0 saturated carbocycles. The molecule has 1 aliphatic heterocycles. The van der Waals surface area contributed by atoms with E-state index in [0.29, 0.717) is 12.1 Å². The zero-order chi connectivity index (χ0) is 12.3. The van der Waals surface area contributed by atoms with Gasteiger partial charge in [-0.25, -0.2) is 4.98 Å². The normalized spacial score (nSPS) is 21.5. The van der Waals surface area contributed by atoms with E-state index in [1.165, 1.54) is 13.0 Å². The van der Waals surface area contributed by atoms with Crippen LogP contribution in [-0.4, -0.2) is 51.4 Å². The third-order valence-corrected chi connectivity index (χ3v) is 3.14. The van der Waals surface area contributed by atoms with Crippen LogP contribution in [0.2, 0.25) is 0 Å². The lowest BCUT2D eigenvalue weighted by molar-refractivity contribution is 0.326. The van der Waals surface area contributed by atoms with Crippen LogP contribution >= 0.6 is 0 Å². The van der Waals surface area contributed by atoms with Gasteiger partial charge in [-0.3, -0.25) is 4.68 Å². The van der Waals surface area contributed by atoms with Crippen LogP contribution in [0.15, 0.2) is 6.33 Å². The summed E-state index contributed by atoms with van der Waals surface area (Å²) in [4.78, 5) is 6.75. The van der Waals surface area contributed by atoms with Gasteiger partial charge in [-0.15, -0.1) is 0 Å². The number of nitrogens with zero attached hydrogens (tertiary/aromatic N) is 4. The highest BCUT2D eigenvalue weighted by Gasteiger charge is 2.22. The van der Waals surface area contributed by atoms with E-state index in [0.717, 1.165) is 25.3 Å². The zero-order valence-corrected chi connectivity index (χ0v) is 11.1. The van der Waals surface area contributed by atoms with Crippen molar-refractivity contribution in [2.75, 3.05) is 19.6 Å². The van der Waals surface area contributed by atoms with Crippen LogP contribution in [0.5, 0.6) is 0 Å². The molecule has 0 radical (unpaired) electrons. The molecule has 1 unspecified atom stereocenters. The van der Waals surface area contributed by atoms with Gasteiger partial charge in [0.25, 0.3) is 0 Å². The maximum absolute atomic E-state index is 4.30. The van der Waals surface area contributed by atoms with Gasteiger partial charge in [-0.1, -0.05) is 13.8 Å². The van der Waals surface area contributed by atoms with Crippen molar-refractivity contribution in [3.05, 3.63) is 12.2 Å². The van der Waals surface area contributed by atoms with Crippen molar-refractivity contribution < 1.29 is 0 Å². The predicted octanol–water partition coefficient (Wildman–Crippen LogP) is 0.430. The second-order valence-corrected chi connectivity index (χ2v) is 5.19. The molecule has 1 N–H and O–H groups in total. The lowest BCUT2D eigenvalue weighted by Gasteiger charge is -2.17. The van der Waals surface area contributed by atoms with Gasteiger partial charge < -0.3 is 10.2 Å². The largest absolute Gasteiger partial charge is 0.310 e. The average Bonchev–Trinajstić information content (AvgIpc) is 2.84. The summed E-state index contributed by atoms with van der Waals surface area (Å²) in [6.45, 7) is 7.84. The Hall–Kier alpha value is -0.940. The molecule has 1 aromatic heterocycles. The summed E-state index contributed by atoms with van der Waals surface area (Å²) in [6.07, 6.45) is 3.98. The van der Waals surface area contributed by atoms with Crippen molar-refractivity contribution in [3.8, 4) is 0 Å². The van der Waals surface area contributed by atoms with E-state index in [2.05, 4.69) is 34.1 Å². The molecule has 17 heavy (non-hydrogen) atoms. The van der Waals surface area contributed by atoms with Crippen LogP contribution in [0, 0.1) is 0 Å². The minimum absolute atomic E-state index is 0.581. The molecule has 0 bridgehead atoms. The first-order chi connectivity index (χ1) is 8.13. The molecule has 1 atom stereocenters. The van der Waals surface area contributed by atoms with Crippen molar-refractivity contribution in [3.63, 3.8) is 0 Å². The average molecular weight is 237 g/mol. The first-order valence-corrected chi connectivity index (χ1v) is 6.46. The fourth-order valence-electron chi connectivity index (χ4n) is 2.40. The van der Waals surface area contributed by atoms with Crippen LogP contribution in [0.1, 0.15) is 26.1 Å². The molecule has 0 amide bonds. The van der Waals surface area contributed by atoms with E-state index >= 15 is 0 Å². The van der Waals surface area contributed by atoms with Gasteiger partial charge >= 0.3 is 0 Å². The highest BCUT2D eigenvalue weighted by Crippen LogP contribution is 2.10. The molecule has 0 aliphatic carbocycles. The molecule has 0 aromatic carbocycles. The number of likely N-dealkylation sites (tertiary alicyclic amines) is 1. The number of nitrogens with one attached hydrogen (secondary N) is 1. The molecule has 1 fully saturated rings. The molecule has 1 saturated heterocycles. The fraction of sp³-hybridized carbons (Fsp3) is 0.833. The SMILES string of the molecule is CC(C)NC1CCN(CCc2ncn(C)n2)C1. The second-order valence-electron chi connectivity index (χ2n) is 5.19.